The van der Waals surface area contributed by atoms with Crippen molar-refractivity contribution in [3.8, 4) is 5.75 Å². The second kappa shape index (κ2) is 5.86. The summed E-state index contributed by atoms with van der Waals surface area (Å²) in [7, 11) is 1.60. The fourth-order valence-corrected chi connectivity index (χ4v) is 3.89. The van der Waals surface area contributed by atoms with E-state index in [0.717, 1.165) is 26.7 Å². The van der Waals surface area contributed by atoms with Gasteiger partial charge in [-0.3, -0.25) is 4.79 Å². The molecule has 0 spiro atoms. The maximum Gasteiger partial charge on any atom is 0.205 e. The minimum atomic E-state index is -0.0941. The average Bonchev–Trinajstić information content (AvgIpc) is 2.95. The molecule has 0 aliphatic carbocycles. The number of carbonyl (C=O) groups excluding carboxylic acids is 1. The number of pyridine rings is 1. The average molecular weight is 348 g/mol. The molecule has 4 aromatic rings. The van der Waals surface area contributed by atoms with Crippen molar-refractivity contribution in [1.29, 1.82) is 0 Å². The molecular weight excluding hydrogens is 332 g/mol. The van der Waals surface area contributed by atoms with Crippen LogP contribution in [0.2, 0.25) is 0 Å². The Labute approximate surface area is 148 Å². The standard InChI is InChI=1S/C20H16N2O2S/c1-11-3-4-13-10-15-17(21)19(25-20(15)22-16(13)9-11)18(23)12-5-7-14(24-2)8-6-12/h3-10H,21H2,1-2H3. The van der Waals surface area contributed by atoms with Crippen LogP contribution in [0.25, 0.3) is 21.1 Å². The van der Waals surface area contributed by atoms with E-state index < -0.39 is 0 Å². The van der Waals surface area contributed by atoms with Gasteiger partial charge in [0.05, 0.1) is 18.3 Å². The molecule has 0 saturated heterocycles. The first kappa shape index (κ1) is 15.6. The van der Waals surface area contributed by atoms with Gasteiger partial charge in [0.15, 0.2) is 0 Å². The molecule has 0 radical (unpaired) electrons. The van der Waals surface area contributed by atoms with Gasteiger partial charge in [-0.25, -0.2) is 4.98 Å². The first-order valence-corrected chi connectivity index (χ1v) is 8.66. The molecule has 2 aromatic heterocycles. The van der Waals surface area contributed by atoms with E-state index in [-0.39, 0.29) is 5.78 Å². The van der Waals surface area contributed by atoms with Gasteiger partial charge in [0.1, 0.15) is 15.5 Å². The number of aryl methyl sites for hydroxylation is 1. The van der Waals surface area contributed by atoms with Crippen molar-refractivity contribution in [2.75, 3.05) is 12.8 Å². The molecular formula is C20H16N2O2S. The molecule has 2 heterocycles. The largest absolute Gasteiger partial charge is 0.497 e. The Morgan fingerprint density at radius 3 is 2.60 bits per heavy atom. The maximum atomic E-state index is 12.8. The van der Waals surface area contributed by atoms with E-state index in [1.54, 1.807) is 31.4 Å². The van der Waals surface area contributed by atoms with E-state index in [9.17, 15) is 4.79 Å². The van der Waals surface area contributed by atoms with Crippen LogP contribution in [0, 0.1) is 6.92 Å². The van der Waals surface area contributed by atoms with Gasteiger partial charge in [0, 0.05) is 16.3 Å². The van der Waals surface area contributed by atoms with Gasteiger partial charge >= 0.3 is 0 Å². The zero-order valence-electron chi connectivity index (χ0n) is 13.9. The molecule has 0 atom stereocenters. The van der Waals surface area contributed by atoms with E-state index in [4.69, 9.17) is 10.5 Å². The molecule has 4 rings (SSSR count). The highest BCUT2D eigenvalue weighted by Gasteiger charge is 2.19. The van der Waals surface area contributed by atoms with Crippen LogP contribution in [0.4, 0.5) is 5.69 Å². The first-order chi connectivity index (χ1) is 12.1. The van der Waals surface area contributed by atoms with Crippen LogP contribution in [-0.2, 0) is 0 Å². The number of nitrogen functional groups attached to an aromatic ring is 1. The zero-order chi connectivity index (χ0) is 17.6. The molecule has 4 nitrogen and oxygen atoms in total. The highest BCUT2D eigenvalue weighted by molar-refractivity contribution is 7.21. The number of nitrogens with two attached hydrogens (primary N) is 1. The number of ether oxygens (including phenoxy) is 1. The minimum Gasteiger partial charge on any atom is -0.497 e. The third-order valence-corrected chi connectivity index (χ3v) is 5.34. The van der Waals surface area contributed by atoms with Crippen molar-refractivity contribution in [2.24, 2.45) is 0 Å². The number of ketones is 1. The Hall–Kier alpha value is -2.92. The number of benzene rings is 2. The number of hydrogen-bond acceptors (Lipinski definition) is 5. The van der Waals surface area contributed by atoms with Crippen LogP contribution in [0.5, 0.6) is 5.75 Å². The number of fused-ring (bicyclic) bond motifs is 2. The maximum absolute atomic E-state index is 12.8. The molecule has 25 heavy (non-hydrogen) atoms. The van der Waals surface area contributed by atoms with Crippen molar-refractivity contribution in [3.05, 3.63) is 64.5 Å². The lowest BCUT2D eigenvalue weighted by Crippen LogP contribution is -2.02. The quantitative estimate of drug-likeness (QED) is 0.550. The van der Waals surface area contributed by atoms with Crippen LogP contribution in [0.1, 0.15) is 20.8 Å². The van der Waals surface area contributed by atoms with Crippen LogP contribution in [0.3, 0.4) is 0 Å². The highest BCUT2D eigenvalue weighted by Crippen LogP contribution is 2.36. The lowest BCUT2D eigenvalue weighted by Gasteiger charge is -2.02. The van der Waals surface area contributed by atoms with Crippen molar-refractivity contribution in [1.82, 2.24) is 4.98 Å². The molecule has 0 aliphatic heterocycles. The Balaban J connectivity index is 1.84. The number of thiophene rings is 1. The van der Waals surface area contributed by atoms with Crippen molar-refractivity contribution >= 4 is 43.9 Å². The summed E-state index contributed by atoms with van der Waals surface area (Å²) in [4.78, 5) is 18.8. The molecule has 2 N–H and O–H groups in total. The third-order valence-electron chi connectivity index (χ3n) is 4.23. The monoisotopic (exact) mass is 348 g/mol. The summed E-state index contributed by atoms with van der Waals surface area (Å²) >= 11 is 1.34. The number of nitrogens with zero attached hydrogens (tertiary/aromatic N) is 1. The predicted molar refractivity (Wildman–Crippen MR) is 103 cm³/mol. The molecule has 5 heteroatoms. The molecule has 0 saturated carbocycles. The number of aromatic nitrogens is 1. The third kappa shape index (κ3) is 2.62. The Morgan fingerprint density at radius 1 is 1.12 bits per heavy atom. The topological polar surface area (TPSA) is 65.2 Å². The Bertz CT molecular complexity index is 1110. The lowest BCUT2D eigenvalue weighted by atomic mass is 10.1. The van der Waals surface area contributed by atoms with Crippen LogP contribution in [-0.4, -0.2) is 17.9 Å². The van der Waals surface area contributed by atoms with E-state index >= 15 is 0 Å². The summed E-state index contributed by atoms with van der Waals surface area (Å²) in [6.45, 7) is 2.03. The Kier molecular flexibility index (Phi) is 3.66. The molecule has 0 bridgehead atoms. The van der Waals surface area contributed by atoms with Crippen LogP contribution in [0.15, 0.2) is 48.5 Å². The Morgan fingerprint density at radius 2 is 1.88 bits per heavy atom. The molecule has 0 unspecified atom stereocenters. The van der Waals surface area contributed by atoms with E-state index in [2.05, 4.69) is 4.98 Å². The van der Waals surface area contributed by atoms with Crippen LogP contribution < -0.4 is 10.5 Å². The lowest BCUT2D eigenvalue weighted by molar-refractivity contribution is 0.104. The summed E-state index contributed by atoms with van der Waals surface area (Å²) < 4.78 is 5.14. The first-order valence-electron chi connectivity index (χ1n) is 7.85. The van der Waals surface area contributed by atoms with Crippen molar-refractivity contribution in [2.45, 2.75) is 6.92 Å². The number of rotatable bonds is 3. The van der Waals surface area contributed by atoms with Gasteiger partial charge in [-0.05, 0) is 48.9 Å². The van der Waals surface area contributed by atoms with Crippen molar-refractivity contribution in [3.63, 3.8) is 0 Å². The van der Waals surface area contributed by atoms with Gasteiger partial charge < -0.3 is 10.5 Å². The molecule has 0 aliphatic rings. The predicted octanol–water partition coefficient (Wildman–Crippen LogP) is 4.58. The van der Waals surface area contributed by atoms with Gasteiger partial charge in [0.2, 0.25) is 5.78 Å². The number of methoxy groups -OCH3 is 1. The summed E-state index contributed by atoms with van der Waals surface area (Å²) in [6.07, 6.45) is 0. The SMILES string of the molecule is COc1ccc(C(=O)c2sc3nc4cc(C)ccc4cc3c2N)cc1. The number of hydrogen-bond donors (Lipinski definition) is 1. The molecule has 2 aromatic carbocycles. The minimum absolute atomic E-state index is 0.0941. The smallest absolute Gasteiger partial charge is 0.205 e. The zero-order valence-corrected chi connectivity index (χ0v) is 14.7. The normalized spacial score (nSPS) is 11.1. The van der Waals surface area contributed by atoms with E-state index in [1.807, 2.05) is 31.2 Å². The summed E-state index contributed by atoms with van der Waals surface area (Å²) in [6, 6.07) is 15.2. The van der Waals surface area contributed by atoms with Gasteiger partial charge in [-0.15, -0.1) is 11.3 Å². The molecule has 0 fully saturated rings. The van der Waals surface area contributed by atoms with Gasteiger partial charge in [0.25, 0.3) is 0 Å². The molecule has 0 amide bonds. The summed E-state index contributed by atoms with van der Waals surface area (Å²) in [5.41, 5.74) is 9.42. The van der Waals surface area contributed by atoms with Crippen LogP contribution >= 0.6 is 11.3 Å². The van der Waals surface area contributed by atoms with E-state index in [1.165, 1.54) is 11.3 Å². The fraction of sp³-hybridized carbons (Fsp3) is 0.100. The number of anilines is 1. The summed E-state index contributed by atoms with van der Waals surface area (Å²) in [5, 5.41) is 1.85. The second-order valence-electron chi connectivity index (χ2n) is 5.94. The van der Waals surface area contributed by atoms with Gasteiger partial charge in [-0.2, -0.15) is 0 Å². The highest BCUT2D eigenvalue weighted by atomic mass is 32.1. The van der Waals surface area contributed by atoms with E-state index in [0.29, 0.717) is 21.9 Å². The van der Waals surface area contributed by atoms with Crippen molar-refractivity contribution < 1.29 is 9.53 Å². The second-order valence-corrected chi connectivity index (χ2v) is 6.94. The number of carbonyl (C=O) groups is 1. The van der Waals surface area contributed by atoms with Gasteiger partial charge in [-0.1, -0.05) is 12.1 Å². The summed E-state index contributed by atoms with van der Waals surface area (Å²) in [5.74, 6) is 0.618. The fourth-order valence-electron chi connectivity index (χ4n) is 2.85. The molecule has 124 valence electrons.